The fraction of sp³-hybridized carbons (Fsp3) is 0.469. The highest BCUT2D eigenvalue weighted by atomic mass is 32.2. The molecular weight excluding hydrogens is 660 g/mol. The molecule has 0 unspecified atom stereocenters. The number of alkyl halides is 3. The maximum atomic E-state index is 15.3. The van der Waals surface area contributed by atoms with Gasteiger partial charge in [0, 0.05) is 91.6 Å². The Morgan fingerprint density at radius 3 is 2.40 bits per heavy atom. The molecule has 0 bridgehead atoms. The van der Waals surface area contributed by atoms with Crippen LogP contribution in [0.5, 0.6) is 0 Å². The van der Waals surface area contributed by atoms with E-state index < -0.39 is 46.2 Å². The predicted molar refractivity (Wildman–Crippen MR) is 179 cm³/mol. The Labute approximate surface area is 280 Å². The topological polar surface area (TPSA) is 64.9 Å². The highest BCUT2D eigenvalue weighted by molar-refractivity contribution is 7.99. The summed E-state index contributed by atoms with van der Waals surface area (Å²) in [5.74, 6) is -1.94. The van der Waals surface area contributed by atoms with Crippen molar-refractivity contribution in [2.45, 2.75) is 37.0 Å². The van der Waals surface area contributed by atoms with Crippen molar-refractivity contribution in [2.75, 3.05) is 69.6 Å². The molecule has 0 radical (unpaired) electrons. The molecule has 4 heterocycles. The van der Waals surface area contributed by atoms with E-state index in [9.17, 15) is 27.2 Å². The number of halogens is 5. The minimum absolute atomic E-state index is 0. The summed E-state index contributed by atoms with van der Waals surface area (Å²) in [6.45, 7) is 13.0. The lowest BCUT2D eigenvalue weighted by Crippen LogP contribution is -2.54. The Kier molecular flexibility index (Phi) is 10.3. The molecule has 0 spiro atoms. The maximum absolute atomic E-state index is 15.3. The summed E-state index contributed by atoms with van der Waals surface area (Å²) in [5, 5.41) is 0.122. The molecule has 0 saturated carbocycles. The van der Waals surface area contributed by atoms with Gasteiger partial charge in [-0.25, -0.2) is 13.6 Å². The first-order chi connectivity index (χ1) is 21.9. The highest BCUT2D eigenvalue weighted by Gasteiger charge is 2.41. The number of aromatic nitrogens is 2. The van der Waals surface area contributed by atoms with E-state index >= 15 is 4.39 Å². The minimum atomic E-state index is -4.91. The van der Waals surface area contributed by atoms with E-state index in [-0.39, 0.29) is 72.4 Å². The van der Waals surface area contributed by atoms with Gasteiger partial charge in [0.25, 0.3) is 0 Å². The number of anilines is 1. The lowest BCUT2D eigenvalue weighted by molar-refractivity contribution is -0.137. The quantitative estimate of drug-likeness (QED) is 0.266. The van der Waals surface area contributed by atoms with Gasteiger partial charge in [0.15, 0.2) is 0 Å². The van der Waals surface area contributed by atoms with Crippen molar-refractivity contribution in [3.8, 4) is 11.1 Å². The van der Waals surface area contributed by atoms with Crippen LogP contribution in [0.2, 0.25) is 0 Å². The van der Waals surface area contributed by atoms with Crippen LogP contribution in [0.3, 0.4) is 0 Å². The van der Waals surface area contributed by atoms with Gasteiger partial charge in [0.05, 0.1) is 17.1 Å². The van der Waals surface area contributed by atoms with E-state index in [1.54, 1.807) is 9.80 Å². The second-order valence-corrected chi connectivity index (χ2v) is 13.0. The van der Waals surface area contributed by atoms with Gasteiger partial charge in [-0.15, -0.1) is 11.8 Å². The maximum Gasteiger partial charge on any atom is 0.417 e. The van der Waals surface area contributed by atoms with E-state index in [1.165, 1.54) is 10.6 Å². The van der Waals surface area contributed by atoms with Crippen LogP contribution in [-0.2, 0) is 11.0 Å². The van der Waals surface area contributed by atoms with Crippen molar-refractivity contribution in [1.29, 1.82) is 0 Å². The largest absolute Gasteiger partial charge is 0.417 e. The molecule has 3 aromatic rings. The van der Waals surface area contributed by atoms with Crippen LogP contribution in [0.1, 0.15) is 25.5 Å². The molecule has 1 amide bonds. The van der Waals surface area contributed by atoms with E-state index in [0.717, 1.165) is 62.7 Å². The van der Waals surface area contributed by atoms with Crippen LogP contribution in [0.15, 0.2) is 46.6 Å². The normalized spacial score (nSPS) is 20.7. The van der Waals surface area contributed by atoms with Crippen LogP contribution in [0, 0.1) is 11.6 Å². The van der Waals surface area contributed by atoms with E-state index in [2.05, 4.69) is 28.3 Å². The first kappa shape index (κ1) is 35.2. The molecule has 1 aromatic heterocycles. The predicted octanol–water partition coefficient (Wildman–Crippen LogP) is 4.98. The molecule has 3 aliphatic heterocycles. The number of thioether (sulfide) groups is 1. The van der Waals surface area contributed by atoms with E-state index in [0.29, 0.717) is 12.6 Å². The molecule has 2 saturated heterocycles. The number of carbonyl (C=O) groups excluding carboxylic acids is 1. The third-order valence-electron chi connectivity index (χ3n) is 9.20. The average molecular weight is 697 g/mol. The Morgan fingerprint density at radius 1 is 1.09 bits per heavy atom. The Bertz CT molecular complexity index is 1740. The van der Waals surface area contributed by atoms with Gasteiger partial charge in [-0.1, -0.05) is 13.5 Å². The van der Waals surface area contributed by atoms with Gasteiger partial charge in [-0.3, -0.25) is 14.3 Å². The fourth-order valence-electron chi connectivity index (χ4n) is 6.82. The monoisotopic (exact) mass is 696 g/mol. The number of amides is 1. The minimum Gasteiger partial charge on any atom is -0.350 e. The summed E-state index contributed by atoms with van der Waals surface area (Å²) < 4.78 is 75.3. The number of likely N-dealkylation sites (N-methyl/N-ethyl adjacent to an activating group) is 1. The first-order valence-corrected chi connectivity index (χ1v) is 16.3. The second-order valence-electron chi connectivity index (χ2n) is 12.0. The molecule has 47 heavy (non-hydrogen) atoms. The number of piperazine rings is 2. The standard InChI is InChI=1S/C32H35F5N6O2S.H2S/c1-4-26(44)41-12-13-42(19(3)16-41)30-23-15-24(32(35,36)37)27(22-7-6-20(33)14-25(22)34)29-28(23)43(31(45)38-30)21(18-46-29)17-40-10-8-39(5-2)9-11-40;/h4,6-7,14-15,19,21H,1,5,8-13,16-18H2,2-3H3;1H2/t19-,21-;/m0./s1. The van der Waals surface area contributed by atoms with Crippen LogP contribution in [0.25, 0.3) is 22.0 Å². The molecule has 2 atom stereocenters. The van der Waals surface area contributed by atoms with Gasteiger partial charge in [0.2, 0.25) is 5.91 Å². The smallest absolute Gasteiger partial charge is 0.350 e. The summed E-state index contributed by atoms with van der Waals surface area (Å²) >= 11 is 1.15. The van der Waals surface area contributed by atoms with Crippen LogP contribution >= 0.6 is 25.3 Å². The fourth-order valence-corrected chi connectivity index (χ4v) is 8.14. The number of rotatable bonds is 6. The summed E-state index contributed by atoms with van der Waals surface area (Å²) in [6.07, 6.45) is -3.70. The SMILES string of the molecule is C=CC(=O)N1CCN(c2nc(=O)n3c4c(c(-c5ccc(F)cc5F)c(C(F)(F)F)cc24)SC[C@@H]3CN2CCN(CC)CC2)[C@@H](C)C1.S. The van der Waals surface area contributed by atoms with Gasteiger partial charge in [-0.2, -0.15) is 31.7 Å². The van der Waals surface area contributed by atoms with Crippen LogP contribution in [-0.4, -0.2) is 101 Å². The zero-order valence-corrected chi connectivity index (χ0v) is 27.9. The molecule has 254 valence electrons. The molecule has 3 aliphatic rings. The Balaban J connectivity index is 0.00000433. The molecule has 2 aromatic carbocycles. The zero-order chi connectivity index (χ0) is 32.9. The molecule has 6 rings (SSSR count). The van der Waals surface area contributed by atoms with Gasteiger partial charge in [-0.05, 0) is 37.7 Å². The molecule has 0 aliphatic carbocycles. The van der Waals surface area contributed by atoms with Crippen molar-refractivity contribution in [1.82, 2.24) is 24.3 Å². The number of benzene rings is 2. The van der Waals surface area contributed by atoms with E-state index in [4.69, 9.17) is 0 Å². The third-order valence-corrected chi connectivity index (χ3v) is 10.4. The Morgan fingerprint density at radius 2 is 1.79 bits per heavy atom. The van der Waals surface area contributed by atoms with Gasteiger partial charge >= 0.3 is 11.9 Å². The number of nitrogens with zero attached hydrogens (tertiary/aromatic N) is 6. The molecule has 8 nitrogen and oxygen atoms in total. The van der Waals surface area contributed by atoms with Gasteiger partial charge < -0.3 is 14.7 Å². The van der Waals surface area contributed by atoms with Gasteiger partial charge in [0.1, 0.15) is 17.5 Å². The van der Waals surface area contributed by atoms with Crippen molar-refractivity contribution in [2.24, 2.45) is 0 Å². The lowest BCUT2D eigenvalue weighted by Gasteiger charge is -2.41. The van der Waals surface area contributed by atoms with Crippen LogP contribution < -0.4 is 10.6 Å². The number of hydrogen-bond donors (Lipinski definition) is 0. The van der Waals surface area contributed by atoms with Crippen molar-refractivity contribution >= 4 is 47.9 Å². The zero-order valence-electron chi connectivity index (χ0n) is 26.1. The molecule has 15 heteroatoms. The lowest BCUT2D eigenvalue weighted by atomic mass is 9.95. The molecule has 0 N–H and O–H groups in total. The molecular formula is C32H37F5N6O2S2. The van der Waals surface area contributed by atoms with Crippen LogP contribution in [0.4, 0.5) is 27.8 Å². The highest BCUT2D eigenvalue weighted by Crippen LogP contribution is 2.50. The summed E-state index contributed by atoms with van der Waals surface area (Å²) in [4.78, 5) is 38.7. The van der Waals surface area contributed by atoms with E-state index in [1.807, 2.05) is 6.92 Å². The van der Waals surface area contributed by atoms with Crippen molar-refractivity contribution in [3.63, 3.8) is 0 Å². The second kappa shape index (κ2) is 13.8. The first-order valence-electron chi connectivity index (χ1n) is 15.3. The number of hydrogen-bond acceptors (Lipinski definition) is 7. The average Bonchev–Trinajstić information content (AvgIpc) is 3.02. The summed E-state index contributed by atoms with van der Waals surface area (Å²) in [6, 6.07) is 2.68. The van der Waals surface area contributed by atoms with Crippen molar-refractivity contribution < 1.29 is 26.7 Å². The summed E-state index contributed by atoms with van der Waals surface area (Å²) in [7, 11) is 0. The summed E-state index contributed by atoms with van der Waals surface area (Å²) in [5.41, 5.74) is -2.26. The third kappa shape index (κ3) is 6.63. The Hall–Kier alpha value is -3.14. The number of carbonyl (C=O) groups is 1. The van der Waals surface area contributed by atoms with Crippen molar-refractivity contribution in [3.05, 3.63) is 64.6 Å². The molecule has 2 fully saturated rings.